The van der Waals surface area contributed by atoms with Crippen molar-refractivity contribution >= 4 is 0 Å². The number of nitrogens with zero attached hydrogens (tertiary/aromatic N) is 3. The molecule has 2 rings (SSSR count). The van der Waals surface area contributed by atoms with Gasteiger partial charge in [-0.2, -0.15) is 18.3 Å². The van der Waals surface area contributed by atoms with Gasteiger partial charge in [-0.05, 0) is 12.8 Å². The number of alkyl halides is 3. The van der Waals surface area contributed by atoms with Gasteiger partial charge in [0.1, 0.15) is 12.2 Å². The number of nitrogens with one attached hydrogen (secondary N) is 1. The minimum absolute atomic E-state index is 0.222. The Hall–Kier alpha value is -1.11. The first kappa shape index (κ1) is 13.3. The lowest BCUT2D eigenvalue weighted by atomic mass is 9.84. The minimum atomic E-state index is -4.11. The van der Waals surface area contributed by atoms with E-state index in [0.29, 0.717) is 25.2 Å². The first-order valence-electron chi connectivity index (χ1n) is 6.11. The number of aromatic nitrogens is 3. The molecule has 0 spiro atoms. The van der Waals surface area contributed by atoms with Crippen LogP contribution in [-0.4, -0.2) is 27.0 Å². The lowest BCUT2D eigenvalue weighted by Gasteiger charge is -2.33. The molecule has 1 fully saturated rings. The normalized spacial score (nSPS) is 25.3. The summed E-state index contributed by atoms with van der Waals surface area (Å²) in [6.07, 6.45) is -0.408. The van der Waals surface area contributed by atoms with Crippen molar-refractivity contribution in [2.45, 2.75) is 44.4 Å². The van der Waals surface area contributed by atoms with Gasteiger partial charge in [-0.25, -0.2) is 4.98 Å². The van der Waals surface area contributed by atoms with Crippen molar-refractivity contribution in [2.75, 3.05) is 0 Å². The van der Waals surface area contributed by atoms with Crippen LogP contribution in [0.4, 0.5) is 13.2 Å². The fourth-order valence-corrected chi connectivity index (χ4v) is 2.47. The largest absolute Gasteiger partial charge is 0.393 e. The van der Waals surface area contributed by atoms with Gasteiger partial charge in [0.05, 0.1) is 12.5 Å². The zero-order valence-electron chi connectivity index (χ0n) is 10.2. The van der Waals surface area contributed by atoms with Gasteiger partial charge in [0, 0.05) is 13.1 Å². The maximum Gasteiger partial charge on any atom is 0.393 e. The smallest absolute Gasteiger partial charge is 0.306 e. The molecule has 0 aliphatic heterocycles. The Morgan fingerprint density at radius 1 is 1.39 bits per heavy atom. The molecule has 0 radical (unpaired) electrons. The molecule has 2 unspecified atom stereocenters. The van der Waals surface area contributed by atoms with Crippen molar-refractivity contribution in [2.24, 2.45) is 13.0 Å². The van der Waals surface area contributed by atoms with Gasteiger partial charge in [0.15, 0.2) is 0 Å². The van der Waals surface area contributed by atoms with Crippen LogP contribution in [0.25, 0.3) is 0 Å². The van der Waals surface area contributed by atoms with Crippen molar-refractivity contribution in [3.63, 3.8) is 0 Å². The van der Waals surface area contributed by atoms with Gasteiger partial charge < -0.3 is 5.32 Å². The van der Waals surface area contributed by atoms with Crippen molar-refractivity contribution in [1.29, 1.82) is 0 Å². The predicted octanol–water partition coefficient (Wildman–Crippen LogP) is 2.03. The summed E-state index contributed by atoms with van der Waals surface area (Å²) < 4.78 is 40.2. The Kier molecular flexibility index (Phi) is 3.89. The van der Waals surface area contributed by atoms with Crippen molar-refractivity contribution in [1.82, 2.24) is 20.1 Å². The zero-order chi connectivity index (χ0) is 13.2. The third-order valence-corrected chi connectivity index (χ3v) is 3.51. The Labute approximate surface area is 104 Å². The quantitative estimate of drug-likeness (QED) is 0.906. The second-order valence-corrected chi connectivity index (χ2v) is 4.72. The van der Waals surface area contributed by atoms with Crippen molar-refractivity contribution in [3.8, 4) is 0 Å². The fourth-order valence-electron chi connectivity index (χ4n) is 2.47. The van der Waals surface area contributed by atoms with E-state index in [1.807, 2.05) is 0 Å². The Balaban J connectivity index is 1.96. The van der Waals surface area contributed by atoms with Gasteiger partial charge in [-0.3, -0.25) is 4.68 Å². The predicted molar refractivity (Wildman–Crippen MR) is 59.6 cm³/mol. The molecule has 18 heavy (non-hydrogen) atoms. The molecule has 1 aliphatic rings. The van der Waals surface area contributed by atoms with Crippen LogP contribution in [0, 0.1) is 5.92 Å². The lowest BCUT2D eigenvalue weighted by Crippen LogP contribution is -2.45. The number of hydrogen-bond donors (Lipinski definition) is 1. The molecule has 2 atom stereocenters. The third kappa shape index (κ3) is 3.01. The summed E-state index contributed by atoms with van der Waals surface area (Å²) >= 11 is 0. The van der Waals surface area contributed by atoms with Crippen molar-refractivity contribution in [3.05, 3.63) is 12.2 Å². The fraction of sp³-hybridized carbons (Fsp3) is 0.818. The first-order chi connectivity index (χ1) is 8.48. The summed E-state index contributed by atoms with van der Waals surface area (Å²) in [5.41, 5.74) is 0. The van der Waals surface area contributed by atoms with E-state index in [1.165, 1.54) is 6.33 Å². The van der Waals surface area contributed by atoms with Crippen LogP contribution in [0.2, 0.25) is 0 Å². The summed E-state index contributed by atoms with van der Waals surface area (Å²) in [4.78, 5) is 4.00. The van der Waals surface area contributed by atoms with E-state index in [1.54, 1.807) is 11.7 Å². The summed E-state index contributed by atoms with van der Waals surface area (Å²) in [5, 5.41) is 6.87. The molecule has 102 valence electrons. The summed E-state index contributed by atoms with van der Waals surface area (Å²) in [6.45, 7) is 0.327. The minimum Gasteiger partial charge on any atom is -0.306 e. The molecule has 0 aromatic carbocycles. The van der Waals surface area contributed by atoms with Crippen LogP contribution in [0.15, 0.2) is 6.33 Å². The Morgan fingerprint density at radius 3 is 2.72 bits per heavy atom. The van der Waals surface area contributed by atoms with E-state index in [9.17, 15) is 13.2 Å². The van der Waals surface area contributed by atoms with Gasteiger partial charge in [-0.1, -0.05) is 12.8 Å². The molecule has 0 bridgehead atoms. The summed E-state index contributed by atoms with van der Waals surface area (Å²) in [7, 11) is 1.73. The van der Waals surface area contributed by atoms with E-state index < -0.39 is 18.1 Å². The van der Waals surface area contributed by atoms with Crippen LogP contribution in [0.5, 0.6) is 0 Å². The number of hydrogen-bond acceptors (Lipinski definition) is 3. The molecule has 0 amide bonds. The topological polar surface area (TPSA) is 42.7 Å². The average molecular weight is 262 g/mol. The molecular weight excluding hydrogens is 245 g/mol. The average Bonchev–Trinajstić information content (AvgIpc) is 2.71. The zero-order valence-corrected chi connectivity index (χ0v) is 10.2. The monoisotopic (exact) mass is 262 g/mol. The van der Waals surface area contributed by atoms with Gasteiger partial charge >= 0.3 is 6.18 Å². The maximum atomic E-state index is 12.9. The highest BCUT2D eigenvalue weighted by atomic mass is 19.4. The van der Waals surface area contributed by atoms with Crippen LogP contribution in [-0.2, 0) is 13.6 Å². The highest BCUT2D eigenvalue weighted by Crippen LogP contribution is 2.37. The van der Waals surface area contributed by atoms with Crippen LogP contribution >= 0.6 is 0 Å². The third-order valence-electron chi connectivity index (χ3n) is 3.51. The Bertz CT molecular complexity index is 388. The molecule has 1 N–H and O–H groups in total. The van der Waals surface area contributed by atoms with E-state index in [4.69, 9.17) is 0 Å². The number of aryl methyl sites for hydroxylation is 1. The van der Waals surface area contributed by atoms with E-state index in [-0.39, 0.29) is 6.42 Å². The molecule has 1 heterocycles. The highest BCUT2D eigenvalue weighted by molar-refractivity contribution is 4.89. The second kappa shape index (κ2) is 5.26. The molecule has 0 saturated heterocycles. The summed E-state index contributed by atoms with van der Waals surface area (Å²) in [6, 6.07) is -0.504. The molecular formula is C11H17F3N4. The van der Waals surface area contributed by atoms with Gasteiger partial charge in [0.25, 0.3) is 0 Å². The standard InChI is InChI=1S/C11H17F3N4/c1-18-10(16-7-17-18)6-15-9-5-3-2-4-8(9)11(12,13)14/h7-9,15H,2-6H2,1H3. The summed E-state index contributed by atoms with van der Waals surface area (Å²) in [5.74, 6) is -0.582. The molecule has 4 nitrogen and oxygen atoms in total. The van der Waals surface area contributed by atoms with E-state index in [0.717, 1.165) is 6.42 Å². The molecule has 1 saturated carbocycles. The number of rotatable bonds is 3. The maximum absolute atomic E-state index is 12.9. The second-order valence-electron chi connectivity index (χ2n) is 4.72. The molecule has 1 aliphatic carbocycles. The first-order valence-corrected chi connectivity index (χ1v) is 6.11. The van der Waals surface area contributed by atoms with E-state index in [2.05, 4.69) is 15.4 Å². The highest BCUT2D eigenvalue weighted by Gasteiger charge is 2.45. The molecule has 1 aromatic rings. The lowest BCUT2D eigenvalue weighted by molar-refractivity contribution is -0.189. The molecule has 1 aromatic heterocycles. The van der Waals surface area contributed by atoms with Crippen LogP contribution in [0.3, 0.4) is 0 Å². The van der Waals surface area contributed by atoms with Gasteiger partial charge in [0.2, 0.25) is 0 Å². The van der Waals surface area contributed by atoms with Crippen LogP contribution in [0.1, 0.15) is 31.5 Å². The van der Waals surface area contributed by atoms with Crippen LogP contribution < -0.4 is 5.32 Å². The van der Waals surface area contributed by atoms with Gasteiger partial charge in [-0.15, -0.1) is 0 Å². The SMILES string of the molecule is Cn1ncnc1CNC1CCCCC1C(F)(F)F. The van der Waals surface area contributed by atoms with Crippen molar-refractivity contribution < 1.29 is 13.2 Å². The molecule has 7 heteroatoms. The Morgan fingerprint density at radius 2 is 2.11 bits per heavy atom. The van der Waals surface area contributed by atoms with E-state index >= 15 is 0 Å². The number of halogens is 3.